The van der Waals surface area contributed by atoms with E-state index in [1.807, 2.05) is 6.92 Å². The molecule has 2 aliphatic carbocycles. The maximum absolute atomic E-state index is 13.3. The van der Waals surface area contributed by atoms with E-state index in [0.717, 1.165) is 48.2 Å². The number of halogens is 3. The lowest BCUT2D eigenvalue weighted by atomic mass is 9.71. The Morgan fingerprint density at radius 2 is 1.59 bits per heavy atom. The summed E-state index contributed by atoms with van der Waals surface area (Å²) in [6.07, 6.45) is 1.41. The second kappa shape index (κ2) is 9.69. The number of hydrogen-bond donors (Lipinski definition) is 0. The van der Waals surface area contributed by atoms with Gasteiger partial charge in [-0.05, 0) is 85.3 Å². The average molecular weight is 560 g/mol. The quantitative estimate of drug-likeness (QED) is 0.349. The first-order chi connectivity index (χ1) is 18.0. The fourth-order valence-corrected chi connectivity index (χ4v) is 7.90. The number of fused-ring (bicyclic) bond motifs is 2. The van der Waals surface area contributed by atoms with Crippen molar-refractivity contribution in [3.63, 3.8) is 0 Å². The highest BCUT2D eigenvalue weighted by Gasteiger charge is 2.47. The Morgan fingerprint density at radius 3 is 2.15 bits per heavy atom. The fourth-order valence-electron chi connectivity index (χ4n) is 6.63. The second-order valence-corrected chi connectivity index (χ2v) is 19.1. The van der Waals surface area contributed by atoms with Gasteiger partial charge in [0.25, 0.3) is 0 Å². The minimum absolute atomic E-state index is 0.0396. The van der Waals surface area contributed by atoms with Gasteiger partial charge in [0.15, 0.2) is 8.32 Å². The summed E-state index contributed by atoms with van der Waals surface area (Å²) in [6.45, 7) is 18.1. The Labute approximate surface area is 233 Å². The van der Waals surface area contributed by atoms with Gasteiger partial charge in [-0.25, -0.2) is 0 Å². The molecule has 7 heteroatoms. The van der Waals surface area contributed by atoms with E-state index in [1.165, 1.54) is 36.1 Å². The maximum Gasteiger partial charge on any atom is 0.416 e. The van der Waals surface area contributed by atoms with Crippen LogP contribution in [0.4, 0.5) is 13.2 Å². The van der Waals surface area contributed by atoms with Crippen LogP contribution in [0.2, 0.25) is 18.1 Å². The standard InChI is InChI=1S/C32H44F3NO2Si/c1-19-28-27(29(37-19)21-13-15-22(16-14-21)32(33,34)35)25(20-11-9-10-12-20)26-23(36-28)17-31(5,6)18-24(26)38-39(7,8)30(2,3)4/h13-16,19-20,24,29H,9-12,17-18H2,1-8H3/t19?,24-,29?/m0/s1. The molecular formula is C32H44F3NO2Si. The molecule has 0 amide bonds. The number of ether oxygens (including phenoxy) is 1. The smallest absolute Gasteiger partial charge is 0.410 e. The Bertz CT molecular complexity index is 1220. The molecule has 1 saturated carbocycles. The van der Waals surface area contributed by atoms with Gasteiger partial charge in [0.2, 0.25) is 0 Å². The van der Waals surface area contributed by atoms with E-state index in [4.69, 9.17) is 14.1 Å². The van der Waals surface area contributed by atoms with E-state index >= 15 is 0 Å². The van der Waals surface area contributed by atoms with Crippen LogP contribution in [0.3, 0.4) is 0 Å². The lowest BCUT2D eigenvalue weighted by molar-refractivity contribution is -0.137. The number of alkyl halides is 3. The molecule has 5 rings (SSSR count). The monoisotopic (exact) mass is 559 g/mol. The van der Waals surface area contributed by atoms with Gasteiger partial charge in [-0.1, -0.05) is 59.6 Å². The molecule has 39 heavy (non-hydrogen) atoms. The molecule has 2 aromatic rings. The van der Waals surface area contributed by atoms with Crippen molar-refractivity contribution in [2.45, 2.75) is 129 Å². The molecule has 2 heterocycles. The number of aromatic nitrogens is 1. The molecule has 1 fully saturated rings. The largest absolute Gasteiger partial charge is 0.416 e. The van der Waals surface area contributed by atoms with Crippen molar-refractivity contribution < 1.29 is 22.3 Å². The molecule has 1 aromatic heterocycles. The number of nitrogens with zero attached hydrogens (tertiary/aromatic N) is 1. The Hall–Kier alpha value is -1.70. The molecule has 3 nitrogen and oxygen atoms in total. The van der Waals surface area contributed by atoms with Crippen molar-refractivity contribution in [2.75, 3.05) is 0 Å². The van der Waals surface area contributed by atoms with Crippen LogP contribution in [0.1, 0.15) is 137 Å². The molecule has 0 spiro atoms. The molecule has 0 N–H and O–H groups in total. The molecule has 1 aliphatic heterocycles. The van der Waals surface area contributed by atoms with Gasteiger partial charge >= 0.3 is 6.18 Å². The SMILES string of the molecule is CC1OC(c2ccc(C(F)(F)F)cc2)c2c1nc1c(c2C2CCCC2)[C@@H](O[Si](C)(C)C(C)(C)C)CC(C)(C)C1. The van der Waals surface area contributed by atoms with Crippen molar-refractivity contribution in [3.8, 4) is 0 Å². The van der Waals surface area contributed by atoms with Crippen LogP contribution in [0.25, 0.3) is 0 Å². The van der Waals surface area contributed by atoms with Gasteiger partial charge in [-0.15, -0.1) is 0 Å². The first kappa shape index (κ1) is 28.8. The van der Waals surface area contributed by atoms with E-state index in [1.54, 1.807) is 12.1 Å². The summed E-state index contributed by atoms with van der Waals surface area (Å²) in [5.41, 5.74) is 5.97. The van der Waals surface area contributed by atoms with Crippen LogP contribution in [0, 0.1) is 5.41 Å². The molecule has 0 radical (unpaired) electrons. The van der Waals surface area contributed by atoms with E-state index in [2.05, 4.69) is 47.7 Å². The van der Waals surface area contributed by atoms with Crippen LogP contribution >= 0.6 is 0 Å². The zero-order chi connectivity index (χ0) is 28.5. The summed E-state index contributed by atoms with van der Waals surface area (Å²) in [7, 11) is -2.10. The van der Waals surface area contributed by atoms with Crippen molar-refractivity contribution in [3.05, 3.63) is 63.5 Å². The minimum atomic E-state index is -4.36. The van der Waals surface area contributed by atoms with Crippen molar-refractivity contribution in [2.24, 2.45) is 5.41 Å². The third-order valence-corrected chi connectivity index (χ3v) is 14.1. The summed E-state index contributed by atoms with van der Waals surface area (Å²) in [4.78, 5) is 5.31. The highest BCUT2D eigenvalue weighted by atomic mass is 28.4. The number of benzene rings is 1. The van der Waals surface area contributed by atoms with E-state index in [9.17, 15) is 13.2 Å². The first-order valence-electron chi connectivity index (χ1n) is 14.6. The normalized spacial score (nSPS) is 25.6. The highest BCUT2D eigenvalue weighted by Crippen LogP contribution is 2.55. The second-order valence-electron chi connectivity index (χ2n) is 14.4. The van der Waals surface area contributed by atoms with Crippen LogP contribution in [0.15, 0.2) is 24.3 Å². The third-order valence-electron chi connectivity index (χ3n) is 9.66. The summed E-state index contributed by atoms with van der Waals surface area (Å²) in [5.74, 6) is 0.396. The maximum atomic E-state index is 13.3. The molecule has 1 aromatic carbocycles. The van der Waals surface area contributed by atoms with Gasteiger partial charge in [0.1, 0.15) is 6.10 Å². The van der Waals surface area contributed by atoms with Gasteiger partial charge in [0.05, 0.1) is 23.5 Å². The lowest BCUT2D eigenvalue weighted by Gasteiger charge is -2.45. The molecule has 0 saturated heterocycles. The third kappa shape index (κ3) is 5.35. The number of hydrogen-bond acceptors (Lipinski definition) is 3. The topological polar surface area (TPSA) is 31.4 Å². The predicted octanol–water partition coefficient (Wildman–Crippen LogP) is 9.97. The molecular weight excluding hydrogens is 515 g/mol. The summed E-state index contributed by atoms with van der Waals surface area (Å²) in [6, 6.07) is 5.52. The fraction of sp³-hybridized carbons (Fsp3) is 0.656. The van der Waals surface area contributed by atoms with E-state index < -0.39 is 26.2 Å². The summed E-state index contributed by atoms with van der Waals surface area (Å²) in [5, 5.41) is 0.0762. The van der Waals surface area contributed by atoms with Gasteiger partial charge in [-0.2, -0.15) is 13.2 Å². The summed E-state index contributed by atoms with van der Waals surface area (Å²) < 4.78 is 53.7. The molecule has 214 valence electrons. The Balaban J connectivity index is 1.70. The van der Waals surface area contributed by atoms with Gasteiger partial charge in [0, 0.05) is 16.8 Å². The zero-order valence-corrected chi connectivity index (χ0v) is 25.8. The zero-order valence-electron chi connectivity index (χ0n) is 24.8. The number of pyridine rings is 1. The van der Waals surface area contributed by atoms with Crippen LogP contribution in [-0.4, -0.2) is 13.3 Å². The predicted molar refractivity (Wildman–Crippen MR) is 151 cm³/mol. The number of rotatable bonds is 4. The Kier molecular flexibility index (Phi) is 7.16. The van der Waals surface area contributed by atoms with E-state index in [-0.39, 0.29) is 22.7 Å². The average Bonchev–Trinajstić information content (AvgIpc) is 3.44. The molecule has 3 atom stereocenters. The van der Waals surface area contributed by atoms with Crippen LogP contribution in [0.5, 0.6) is 0 Å². The van der Waals surface area contributed by atoms with Crippen molar-refractivity contribution >= 4 is 8.32 Å². The molecule has 2 unspecified atom stereocenters. The minimum Gasteiger partial charge on any atom is -0.410 e. The van der Waals surface area contributed by atoms with Gasteiger partial charge in [-0.3, -0.25) is 4.98 Å². The van der Waals surface area contributed by atoms with Gasteiger partial charge < -0.3 is 9.16 Å². The first-order valence-corrected chi connectivity index (χ1v) is 17.5. The molecule has 3 aliphatic rings. The highest BCUT2D eigenvalue weighted by molar-refractivity contribution is 6.74. The summed E-state index contributed by atoms with van der Waals surface area (Å²) >= 11 is 0. The van der Waals surface area contributed by atoms with Crippen LogP contribution < -0.4 is 0 Å². The molecule has 0 bridgehead atoms. The lowest BCUT2D eigenvalue weighted by Crippen LogP contribution is -2.44. The van der Waals surface area contributed by atoms with Crippen molar-refractivity contribution in [1.82, 2.24) is 4.98 Å². The van der Waals surface area contributed by atoms with E-state index in [0.29, 0.717) is 5.92 Å². The van der Waals surface area contributed by atoms with Crippen molar-refractivity contribution in [1.29, 1.82) is 0 Å². The Morgan fingerprint density at radius 1 is 0.974 bits per heavy atom. The van der Waals surface area contributed by atoms with Crippen LogP contribution in [-0.2, 0) is 21.8 Å².